The molecule has 1 rings (SSSR count). The summed E-state index contributed by atoms with van der Waals surface area (Å²) in [6, 6.07) is 9.76. The van der Waals surface area contributed by atoms with Crippen molar-refractivity contribution in [2.75, 3.05) is 13.7 Å². The monoisotopic (exact) mass is 264 g/mol. The predicted molar refractivity (Wildman–Crippen MR) is 71.5 cm³/mol. The Bertz CT molecular complexity index is 384. The van der Waals surface area contributed by atoms with Crippen LogP contribution in [0.5, 0.6) is 0 Å². The van der Waals surface area contributed by atoms with Gasteiger partial charge in [0.2, 0.25) is 0 Å². The highest BCUT2D eigenvalue weighted by atomic mass is 16.5. The maximum absolute atomic E-state index is 11.6. The van der Waals surface area contributed by atoms with Gasteiger partial charge in [0.05, 0.1) is 13.7 Å². The highest BCUT2D eigenvalue weighted by Crippen LogP contribution is 2.11. The van der Waals surface area contributed by atoms with Gasteiger partial charge in [-0.2, -0.15) is 0 Å². The van der Waals surface area contributed by atoms with Crippen LogP contribution in [-0.2, 0) is 25.7 Å². The molecule has 0 aliphatic rings. The lowest BCUT2D eigenvalue weighted by Gasteiger charge is -2.12. The lowest BCUT2D eigenvalue weighted by Crippen LogP contribution is -2.26. The maximum atomic E-state index is 11.6. The van der Waals surface area contributed by atoms with Crippen molar-refractivity contribution in [2.24, 2.45) is 5.92 Å². The summed E-state index contributed by atoms with van der Waals surface area (Å²) in [5.74, 6) is -1.28. The van der Waals surface area contributed by atoms with Crippen LogP contribution >= 0.6 is 0 Å². The molecule has 1 aromatic rings. The lowest BCUT2D eigenvalue weighted by atomic mass is 9.99. The van der Waals surface area contributed by atoms with Crippen molar-refractivity contribution in [2.45, 2.75) is 26.4 Å². The van der Waals surface area contributed by atoms with E-state index in [4.69, 9.17) is 4.74 Å². The number of hydrogen-bond acceptors (Lipinski definition) is 4. The summed E-state index contributed by atoms with van der Waals surface area (Å²) in [6.07, 6.45) is 0.699. The lowest BCUT2D eigenvalue weighted by molar-refractivity contribution is -0.150. The van der Waals surface area contributed by atoms with Gasteiger partial charge in [-0.15, -0.1) is 0 Å². The van der Waals surface area contributed by atoms with Gasteiger partial charge < -0.3 is 9.47 Å². The molecule has 0 fully saturated rings. The van der Waals surface area contributed by atoms with Gasteiger partial charge in [-0.25, -0.2) is 0 Å². The number of methoxy groups -OCH3 is 1. The topological polar surface area (TPSA) is 52.6 Å². The van der Waals surface area contributed by atoms with E-state index in [9.17, 15) is 9.59 Å². The molecule has 0 radical (unpaired) electrons. The Labute approximate surface area is 113 Å². The Kier molecular flexibility index (Phi) is 6.82. The van der Waals surface area contributed by atoms with Crippen LogP contribution in [0.25, 0.3) is 0 Å². The number of carbonyl (C=O) groups is 2. The Balaban J connectivity index is 2.36. The number of esters is 1. The first-order valence-electron chi connectivity index (χ1n) is 6.41. The molecule has 0 aromatic heterocycles. The summed E-state index contributed by atoms with van der Waals surface area (Å²) in [5, 5.41) is 0. The molecule has 0 aliphatic heterocycles. The summed E-state index contributed by atoms with van der Waals surface area (Å²) in [6.45, 7) is 2.58. The van der Waals surface area contributed by atoms with E-state index in [1.54, 1.807) is 6.92 Å². The van der Waals surface area contributed by atoms with E-state index in [-0.39, 0.29) is 5.78 Å². The zero-order valence-electron chi connectivity index (χ0n) is 11.4. The number of carbonyl (C=O) groups excluding carboxylic acids is 2. The van der Waals surface area contributed by atoms with Crippen LogP contribution < -0.4 is 0 Å². The standard InChI is InChI=1S/C15H20O4/c1-3-14(16)13(15(17)18-2)9-10-19-11-12-7-5-4-6-8-12/h4-8,13H,3,9-11H2,1-2H3. The third-order valence-corrected chi connectivity index (χ3v) is 2.89. The summed E-state index contributed by atoms with van der Waals surface area (Å²) in [7, 11) is 1.29. The number of benzene rings is 1. The fraction of sp³-hybridized carbons (Fsp3) is 0.467. The molecule has 0 saturated heterocycles. The summed E-state index contributed by atoms with van der Waals surface area (Å²) in [5.41, 5.74) is 1.07. The quantitative estimate of drug-likeness (QED) is 0.411. The average molecular weight is 264 g/mol. The molecule has 0 saturated carbocycles. The van der Waals surface area contributed by atoms with Crippen LogP contribution in [0.4, 0.5) is 0 Å². The van der Waals surface area contributed by atoms with Gasteiger partial charge >= 0.3 is 5.97 Å². The van der Waals surface area contributed by atoms with E-state index in [0.717, 1.165) is 5.56 Å². The predicted octanol–water partition coefficient (Wildman–Crippen LogP) is 2.36. The van der Waals surface area contributed by atoms with Gasteiger partial charge in [0.1, 0.15) is 11.7 Å². The van der Waals surface area contributed by atoms with Crippen LogP contribution in [0.2, 0.25) is 0 Å². The molecular formula is C15H20O4. The molecule has 4 nitrogen and oxygen atoms in total. The van der Waals surface area contributed by atoms with Crippen molar-refractivity contribution in [3.8, 4) is 0 Å². The van der Waals surface area contributed by atoms with Crippen molar-refractivity contribution in [1.29, 1.82) is 0 Å². The van der Waals surface area contributed by atoms with E-state index in [2.05, 4.69) is 4.74 Å². The molecule has 1 aromatic carbocycles. The minimum absolute atomic E-state index is 0.102. The number of ether oxygens (including phenoxy) is 2. The number of rotatable bonds is 8. The average Bonchev–Trinajstić information content (AvgIpc) is 2.47. The van der Waals surface area contributed by atoms with E-state index in [0.29, 0.717) is 26.1 Å². The van der Waals surface area contributed by atoms with Crippen LogP contribution in [0.3, 0.4) is 0 Å². The molecule has 0 bridgehead atoms. The molecule has 19 heavy (non-hydrogen) atoms. The molecular weight excluding hydrogens is 244 g/mol. The SMILES string of the molecule is CCC(=O)C(CCOCc1ccccc1)C(=O)OC. The van der Waals surface area contributed by atoms with Crippen molar-refractivity contribution >= 4 is 11.8 Å². The molecule has 104 valence electrons. The van der Waals surface area contributed by atoms with Crippen LogP contribution in [-0.4, -0.2) is 25.5 Å². The van der Waals surface area contributed by atoms with E-state index in [1.807, 2.05) is 30.3 Å². The number of ketones is 1. The minimum atomic E-state index is -0.703. The van der Waals surface area contributed by atoms with Gasteiger partial charge in [0.25, 0.3) is 0 Å². The highest BCUT2D eigenvalue weighted by Gasteiger charge is 2.25. The van der Waals surface area contributed by atoms with E-state index < -0.39 is 11.9 Å². The fourth-order valence-electron chi connectivity index (χ4n) is 1.76. The second-order valence-electron chi connectivity index (χ2n) is 4.22. The van der Waals surface area contributed by atoms with Crippen molar-refractivity contribution < 1.29 is 19.1 Å². The molecule has 0 heterocycles. The molecule has 4 heteroatoms. The van der Waals surface area contributed by atoms with Crippen LogP contribution in [0, 0.1) is 5.92 Å². The zero-order valence-corrected chi connectivity index (χ0v) is 11.4. The minimum Gasteiger partial charge on any atom is -0.468 e. The van der Waals surface area contributed by atoms with Crippen molar-refractivity contribution in [3.05, 3.63) is 35.9 Å². The Morgan fingerprint density at radius 3 is 2.47 bits per heavy atom. The molecule has 1 atom stereocenters. The second-order valence-corrected chi connectivity index (χ2v) is 4.22. The number of hydrogen-bond donors (Lipinski definition) is 0. The Morgan fingerprint density at radius 2 is 1.89 bits per heavy atom. The normalized spacial score (nSPS) is 11.9. The van der Waals surface area contributed by atoms with Crippen molar-refractivity contribution in [3.63, 3.8) is 0 Å². The smallest absolute Gasteiger partial charge is 0.316 e. The molecule has 0 amide bonds. The van der Waals surface area contributed by atoms with Gasteiger partial charge in [0.15, 0.2) is 0 Å². The summed E-state index contributed by atoms with van der Waals surface area (Å²) < 4.78 is 10.1. The highest BCUT2D eigenvalue weighted by molar-refractivity contribution is 5.98. The van der Waals surface area contributed by atoms with Crippen molar-refractivity contribution in [1.82, 2.24) is 0 Å². The number of Topliss-reactive ketones (excluding diaryl/α,β-unsaturated/α-hetero) is 1. The maximum Gasteiger partial charge on any atom is 0.316 e. The third kappa shape index (κ3) is 5.22. The first-order valence-corrected chi connectivity index (χ1v) is 6.41. The third-order valence-electron chi connectivity index (χ3n) is 2.89. The van der Waals surface area contributed by atoms with E-state index >= 15 is 0 Å². The van der Waals surface area contributed by atoms with Gasteiger partial charge in [0, 0.05) is 13.0 Å². The fourth-order valence-corrected chi connectivity index (χ4v) is 1.76. The first-order chi connectivity index (χ1) is 9.19. The van der Waals surface area contributed by atoms with Gasteiger partial charge in [-0.1, -0.05) is 37.3 Å². The summed E-state index contributed by atoms with van der Waals surface area (Å²) in [4.78, 5) is 23.1. The zero-order chi connectivity index (χ0) is 14.1. The summed E-state index contributed by atoms with van der Waals surface area (Å²) >= 11 is 0. The van der Waals surface area contributed by atoms with Gasteiger partial charge in [-0.3, -0.25) is 9.59 Å². The molecule has 0 aliphatic carbocycles. The molecule has 0 N–H and O–H groups in total. The van der Waals surface area contributed by atoms with Crippen LogP contribution in [0.15, 0.2) is 30.3 Å². The van der Waals surface area contributed by atoms with Crippen LogP contribution in [0.1, 0.15) is 25.3 Å². The molecule has 0 spiro atoms. The molecule has 1 unspecified atom stereocenters. The first kappa shape index (κ1) is 15.4. The largest absolute Gasteiger partial charge is 0.468 e. The Hall–Kier alpha value is -1.68. The van der Waals surface area contributed by atoms with E-state index in [1.165, 1.54) is 7.11 Å². The Morgan fingerprint density at radius 1 is 1.21 bits per heavy atom. The second kappa shape index (κ2) is 8.43. The van der Waals surface area contributed by atoms with Gasteiger partial charge in [-0.05, 0) is 12.0 Å².